The molecule has 1 unspecified atom stereocenters. The van der Waals surface area contributed by atoms with Crippen molar-refractivity contribution in [3.63, 3.8) is 0 Å². The first-order valence-corrected chi connectivity index (χ1v) is 11.2. The van der Waals surface area contributed by atoms with Gasteiger partial charge in [-0.25, -0.2) is 4.79 Å². The highest BCUT2D eigenvalue weighted by Crippen LogP contribution is 2.20. The van der Waals surface area contributed by atoms with Crippen LogP contribution >= 0.6 is 0 Å². The van der Waals surface area contributed by atoms with Gasteiger partial charge in [-0.1, -0.05) is 18.2 Å². The molecule has 0 spiro atoms. The maximum Gasteiger partial charge on any atom is 0.349 e. The summed E-state index contributed by atoms with van der Waals surface area (Å²) in [6, 6.07) is 9.34. The van der Waals surface area contributed by atoms with E-state index in [1.165, 1.54) is 13.0 Å². The fourth-order valence-electron chi connectivity index (χ4n) is 3.58. The Morgan fingerprint density at radius 2 is 1.83 bits per heavy atom. The normalized spacial score (nSPS) is 12.0. The van der Waals surface area contributed by atoms with Crippen LogP contribution < -0.4 is 10.6 Å². The Balaban J connectivity index is 1.98. The van der Waals surface area contributed by atoms with Gasteiger partial charge in [-0.15, -0.1) is 0 Å². The van der Waals surface area contributed by atoms with E-state index in [1.807, 2.05) is 62.6 Å². The van der Waals surface area contributed by atoms with Gasteiger partial charge in [-0.05, 0) is 63.5 Å². The van der Waals surface area contributed by atoms with Crippen LogP contribution in [0.15, 0.2) is 29.8 Å². The summed E-state index contributed by atoms with van der Waals surface area (Å²) in [7, 11) is 1.62. The van der Waals surface area contributed by atoms with Crippen LogP contribution in [0.1, 0.15) is 35.0 Å². The Morgan fingerprint density at radius 1 is 1.17 bits per heavy atom. The molecule has 2 amide bonds. The molecule has 1 atom stereocenters. The van der Waals surface area contributed by atoms with E-state index in [4.69, 9.17) is 9.47 Å². The van der Waals surface area contributed by atoms with Crippen LogP contribution in [0.2, 0.25) is 0 Å². The van der Waals surface area contributed by atoms with E-state index >= 15 is 0 Å². The molecule has 0 fully saturated rings. The van der Waals surface area contributed by atoms with Crippen molar-refractivity contribution in [3.8, 4) is 6.07 Å². The van der Waals surface area contributed by atoms with Crippen LogP contribution in [0.5, 0.6) is 0 Å². The van der Waals surface area contributed by atoms with Crippen molar-refractivity contribution in [2.24, 2.45) is 0 Å². The highest BCUT2D eigenvalue weighted by molar-refractivity contribution is 6.00. The van der Waals surface area contributed by atoms with Gasteiger partial charge in [0.15, 0.2) is 6.10 Å². The smallest absolute Gasteiger partial charge is 0.349 e. The van der Waals surface area contributed by atoms with E-state index in [0.29, 0.717) is 24.4 Å². The second kappa shape index (κ2) is 12.5. The van der Waals surface area contributed by atoms with Crippen molar-refractivity contribution >= 4 is 29.5 Å². The fourth-order valence-corrected chi connectivity index (χ4v) is 3.58. The molecule has 0 saturated heterocycles. The van der Waals surface area contributed by atoms with E-state index in [2.05, 4.69) is 10.6 Å². The highest BCUT2D eigenvalue weighted by atomic mass is 16.5. The summed E-state index contributed by atoms with van der Waals surface area (Å²) in [5, 5.41) is 14.7. The van der Waals surface area contributed by atoms with Crippen LogP contribution in [-0.2, 0) is 30.4 Å². The lowest BCUT2D eigenvalue weighted by Crippen LogP contribution is -2.40. The molecule has 0 aliphatic carbocycles. The first-order valence-electron chi connectivity index (χ1n) is 11.2. The monoisotopic (exact) mass is 480 g/mol. The number of ether oxygens (including phenoxy) is 2. The lowest BCUT2D eigenvalue weighted by Gasteiger charge is -2.14. The van der Waals surface area contributed by atoms with Crippen LogP contribution in [0, 0.1) is 39.0 Å². The molecule has 9 nitrogen and oxygen atoms in total. The number of para-hydroxylation sites is 1. The maximum absolute atomic E-state index is 12.5. The van der Waals surface area contributed by atoms with Gasteiger partial charge in [-0.2, -0.15) is 5.26 Å². The molecule has 0 aliphatic heterocycles. The third kappa shape index (κ3) is 7.29. The minimum Gasteiger partial charge on any atom is -0.448 e. The van der Waals surface area contributed by atoms with Crippen LogP contribution in [0.3, 0.4) is 0 Å². The molecule has 2 N–H and O–H groups in total. The zero-order valence-corrected chi connectivity index (χ0v) is 21.0. The number of nitrogens with zero attached hydrogens (tertiary/aromatic N) is 2. The number of hydrogen-bond acceptors (Lipinski definition) is 6. The molecule has 0 radical (unpaired) electrons. The highest BCUT2D eigenvalue weighted by Gasteiger charge is 2.22. The van der Waals surface area contributed by atoms with E-state index < -0.39 is 23.9 Å². The molecule has 1 heterocycles. The summed E-state index contributed by atoms with van der Waals surface area (Å²) >= 11 is 0. The molecule has 186 valence electrons. The molecule has 2 aromatic rings. The number of benzene rings is 1. The van der Waals surface area contributed by atoms with Crippen LogP contribution in [0.25, 0.3) is 6.08 Å². The fraction of sp³-hybridized carbons (Fsp3) is 0.385. The molecular weight excluding hydrogens is 448 g/mol. The predicted molar refractivity (Wildman–Crippen MR) is 132 cm³/mol. The minimum absolute atomic E-state index is 0.232. The predicted octanol–water partition coefficient (Wildman–Crippen LogP) is 2.96. The summed E-state index contributed by atoms with van der Waals surface area (Å²) < 4.78 is 12.3. The average molecular weight is 481 g/mol. The average Bonchev–Trinajstić information content (AvgIpc) is 3.08. The van der Waals surface area contributed by atoms with E-state index in [1.54, 1.807) is 7.11 Å². The molecule has 2 rings (SSSR count). The number of aryl methyl sites for hydroxylation is 3. The molecule has 9 heteroatoms. The molecule has 1 aromatic heterocycles. The lowest BCUT2D eigenvalue weighted by atomic mass is 10.1. The molecular formula is C26H32N4O5. The number of nitriles is 1. The topological polar surface area (TPSA) is 122 Å². The van der Waals surface area contributed by atoms with Crippen LogP contribution in [0.4, 0.5) is 5.69 Å². The zero-order valence-electron chi connectivity index (χ0n) is 21.0. The maximum atomic E-state index is 12.5. The Hall–Kier alpha value is -3.90. The number of carbonyl (C=O) groups excluding carboxylic acids is 3. The Kier molecular flexibility index (Phi) is 9.79. The lowest BCUT2D eigenvalue weighted by molar-refractivity contribution is -0.150. The van der Waals surface area contributed by atoms with Gasteiger partial charge in [0.1, 0.15) is 11.6 Å². The number of carbonyl (C=O) groups is 3. The van der Waals surface area contributed by atoms with Gasteiger partial charge in [0, 0.05) is 30.7 Å². The Morgan fingerprint density at radius 3 is 2.43 bits per heavy atom. The summed E-state index contributed by atoms with van der Waals surface area (Å²) in [6.45, 7) is 9.82. The van der Waals surface area contributed by atoms with Gasteiger partial charge in [-0.3, -0.25) is 9.59 Å². The van der Waals surface area contributed by atoms with Crippen molar-refractivity contribution in [1.82, 2.24) is 9.88 Å². The summed E-state index contributed by atoms with van der Waals surface area (Å²) in [4.78, 5) is 37.1. The summed E-state index contributed by atoms with van der Waals surface area (Å²) in [5.41, 5.74) is 4.81. The van der Waals surface area contributed by atoms with Crippen molar-refractivity contribution in [3.05, 3.63) is 57.9 Å². The van der Waals surface area contributed by atoms with Gasteiger partial charge < -0.3 is 24.7 Å². The van der Waals surface area contributed by atoms with Crippen LogP contribution in [-0.4, -0.2) is 48.7 Å². The molecule has 35 heavy (non-hydrogen) atoms. The number of rotatable bonds is 10. The number of aromatic nitrogens is 1. The number of esters is 1. The van der Waals surface area contributed by atoms with Crippen molar-refractivity contribution in [2.75, 3.05) is 25.6 Å². The number of hydrogen-bond donors (Lipinski definition) is 2. The van der Waals surface area contributed by atoms with Gasteiger partial charge in [0.2, 0.25) is 5.91 Å². The molecule has 1 aromatic carbocycles. The Bertz CT molecular complexity index is 1150. The number of amides is 2. The van der Waals surface area contributed by atoms with Crippen molar-refractivity contribution < 1.29 is 23.9 Å². The first kappa shape index (κ1) is 27.3. The van der Waals surface area contributed by atoms with Gasteiger partial charge in [0.05, 0.1) is 13.2 Å². The minimum atomic E-state index is -1.19. The standard InChI is InChI=1S/C26H32N4O5/c1-16-8-7-9-17(2)24(16)29-23(31)15-28-25(32)20(5)35-26(33)22(14-27)13-21-12-18(3)30(19(21)4)10-11-34-6/h7-9,12-13,20H,10-11,15H2,1-6H3,(H,28,32)(H,29,31)/b22-13+. The molecule has 0 aliphatic rings. The second-order valence-corrected chi connectivity index (χ2v) is 8.22. The van der Waals surface area contributed by atoms with Gasteiger partial charge >= 0.3 is 5.97 Å². The number of methoxy groups -OCH3 is 1. The molecule has 0 bridgehead atoms. The third-order valence-corrected chi connectivity index (χ3v) is 5.59. The van der Waals surface area contributed by atoms with Gasteiger partial charge in [0.25, 0.3) is 5.91 Å². The third-order valence-electron chi connectivity index (χ3n) is 5.59. The quantitative estimate of drug-likeness (QED) is 0.306. The van der Waals surface area contributed by atoms with Crippen molar-refractivity contribution in [1.29, 1.82) is 5.26 Å². The number of anilines is 1. The molecule has 0 saturated carbocycles. The first-order chi connectivity index (χ1) is 16.6. The number of nitrogens with one attached hydrogen (secondary N) is 2. The largest absolute Gasteiger partial charge is 0.448 e. The van der Waals surface area contributed by atoms with Crippen molar-refractivity contribution in [2.45, 2.75) is 47.3 Å². The van der Waals surface area contributed by atoms with E-state index in [0.717, 1.165) is 22.5 Å². The summed E-state index contributed by atoms with van der Waals surface area (Å²) in [6.07, 6.45) is 0.248. The SMILES string of the molecule is COCCn1c(C)cc(/C=C(\C#N)C(=O)OC(C)C(=O)NCC(=O)Nc2c(C)cccc2C)c1C. The second-order valence-electron chi connectivity index (χ2n) is 8.22. The van der Waals surface area contributed by atoms with E-state index in [-0.39, 0.29) is 12.1 Å². The Labute approximate surface area is 205 Å². The van der Waals surface area contributed by atoms with E-state index in [9.17, 15) is 19.6 Å². The summed E-state index contributed by atoms with van der Waals surface area (Å²) in [5.74, 6) is -1.97. The zero-order chi connectivity index (χ0) is 26.1.